The fourth-order valence-corrected chi connectivity index (χ4v) is 4.61. The fourth-order valence-electron chi connectivity index (χ4n) is 4.61. The third-order valence-corrected chi connectivity index (χ3v) is 6.60. The summed E-state index contributed by atoms with van der Waals surface area (Å²) in [5.41, 5.74) is 5.83. The third-order valence-electron chi connectivity index (χ3n) is 6.60. The topological polar surface area (TPSA) is 117 Å². The van der Waals surface area contributed by atoms with Crippen LogP contribution in [-0.4, -0.2) is 25.4 Å². The first kappa shape index (κ1) is 26.3. The van der Waals surface area contributed by atoms with Crippen LogP contribution in [0.2, 0.25) is 0 Å². The van der Waals surface area contributed by atoms with Gasteiger partial charge < -0.3 is 10.5 Å². The highest BCUT2D eigenvalue weighted by Gasteiger charge is 2.15. The van der Waals surface area contributed by atoms with Crippen molar-refractivity contribution in [2.24, 2.45) is 0 Å². The van der Waals surface area contributed by atoms with E-state index in [0.29, 0.717) is 39.4 Å². The third kappa shape index (κ3) is 5.80. The van der Waals surface area contributed by atoms with E-state index in [1.807, 2.05) is 60.7 Å². The van der Waals surface area contributed by atoms with Crippen molar-refractivity contribution in [3.05, 3.63) is 154 Å². The number of rotatable bonds is 7. The molecule has 0 radical (unpaired) electrons. The maximum Gasteiger partial charge on any atom is 0.278 e. The highest BCUT2D eigenvalue weighted by Crippen LogP contribution is 2.26. The van der Waals surface area contributed by atoms with Crippen LogP contribution in [0.4, 0.5) is 5.69 Å². The van der Waals surface area contributed by atoms with Crippen molar-refractivity contribution in [2.75, 3.05) is 5.32 Å². The molecule has 204 valence electrons. The first-order valence-corrected chi connectivity index (χ1v) is 13.2. The van der Waals surface area contributed by atoms with Gasteiger partial charge in [0, 0.05) is 48.9 Å². The van der Waals surface area contributed by atoms with Crippen LogP contribution in [0.5, 0.6) is 0 Å². The Labute approximate surface area is 240 Å². The number of aromatic nitrogens is 5. The number of hydrogen-bond donors (Lipinski definition) is 1. The molecule has 0 aliphatic rings. The zero-order valence-electron chi connectivity index (χ0n) is 22.3. The van der Waals surface area contributed by atoms with Crippen molar-refractivity contribution in [1.29, 1.82) is 0 Å². The number of nitrogens with zero attached hydrogens (tertiary/aromatic N) is 5. The molecule has 4 aromatic heterocycles. The largest absolute Gasteiger partial charge is 0.619 e. The van der Waals surface area contributed by atoms with Gasteiger partial charge in [-0.25, -0.2) is 9.97 Å². The lowest BCUT2D eigenvalue weighted by atomic mass is 10.0. The highest BCUT2D eigenvalue weighted by atomic mass is 16.5. The smallest absolute Gasteiger partial charge is 0.278 e. The van der Waals surface area contributed by atoms with Crippen LogP contribution >= 0.6 is 0 Å². The van der Waals surface area contributed by atoms with Gasteiger partial charge in [0.2, 0.25) is 5.91 Å². The highest BCUT2D eigenvalue weighted by molar-refractivity contribution is 6.02. The summed E-state index contributed by atoms with van der Waals surface area (Å²) in [6.07, 6.45) is 11.2. The lowest BCUT2D eigenvalue weighted by Gasteiger charge is -2.13. The number of pyridine rings is 3. The molecule has 6 aromatic rings. The quantitative estimate of drug-likeness (QED) is 0.174. The number of fused-ring (bicyclic) bond motifs is 1. The zero-order chi connectivity index (χ0) is 28.9. The Hall–Kier alpha value is -5.96. The van der Waals surface area contributed by atoms with Gasteiger partial charge in [-0.2, -0.15) is 4.73 Å². The molecule has 0 aliphatic carbocycles. The molecule has 0 atom stereocenters. The lowest BCUT2D eigenvalue weighted by molar-refractivity contribution is -0.605. The molecule has 4 heterocycles. The van der Waals surface area contributed by atoms with Gasteiger partial charge in [-0.3, -0.25) is 19.1 Å². The Balaban J connectivity index is 1.31. The molecule has 0 aliphatic heterocycles. The second-order valence-corrected chi connectivity index (χ2v) is 9.53. The SMILES string of the molecule is O=C(/C=C/c1cc[n+]([O-])cc1)Nc1cccc(-c2cccc(-n3c(=O)c(Cc4cccnc4)nc4cccnc43)c2)c1. The Kier molecular flexibility index (Phi) is 7.29. The van der Waals surface area contributed by atoms with E-state index in [2.05, 4.69) is 20.3 Å². The maximum absolute atomic E-state index is 13.8. The van der Waals surface area contributed by atoms with Gasteiger partial charge in [-0.1, -0.05) is 30.3 Å². The molecule has 0 fully saturated rings. The van der Waals surface area contributed by atoms with E-state index in [0.717, 1.165) is 22.3 Å². The standard InChI is InChI=1S/C33H24N6O3/c40-31(12-11-23-13-17-38(42)18-14-23)36-27-8-1-6-25(20-27)26-7-2-9-28(21-26)39-32-29(10-4-16-35-32)37-30(33(39)41)19-24-5-3-15-34-22-24/h1-18,20-22H,19H2,(H,36,40)/b12-11+. The van der Waals surface area contributed by atoms with Crippen molar-refractivity contribution in [3.8, 4) is 16.8 Å². The number of benzene rings is 2. The molecular weight excluding hydrogens is 528 g/mol. The number of nitrogens with one attached hydrogen (secondary N) is 1. The molecule has 0 unspecified atom stereocenters. The molecular formula is C33H24N6O3. The van der Waals surface area contributed by atoms with Crippen molar-refractivity contribution < 1.29 is 9.52 Å². The second-order valence-electron chi connectivity index (χ2n) is 9.53. The predicted octanol–water partition coefficient (Wildman–Crippen LogP) is 4.72. The maximum atomic E-state index is 13.8. The monoisotopic (exact) mass is 552 g/mol. The Bertz CT molecular complexity index is 1990. The molecule has 0 bridgehead atoms. The Morgan fingerprint density at radius 3 is 2.52 bits per heavy atom. The van der Waals surface area contributed by atoms with E-state index in [1.54, 1.807) is 53.5 Å². The summed E-state index contributed by atoms with van der Waals surface area (Å²) in [6, 6.07) is 25.7. The van der Waals surface area contributed by atoms with Crippen LogP contribution in [0.3, 0.4) is 0 Å². The van der Waals surface area contributed by atoms with Gasteiger partial charge in [0.25, 0.3) is 5.56 Å². The van der Waals surface area contributed by atoms with Gasteiger partial charge in [-0.15, -0.1) is 0 Å². The van der Waals surface area contributed by atoms with Crippen LogP contribution in [0, 0.1) is 5.21 Å². The molecule has 9 nitrogen and oxygen atoms in total. The first-order chi connectivity index (χ1) is 20.5. The lowest BCUT2D eigenvalue weighted by Crippen LogP contribution is -2.25. The average Bonchev–Trinajstić information content (AvgIpc) is 3.02. The van der Waals surface area contributed by atoms with Crippen LogP contribution < -0.4 is 15.6 Å². The molecule has 2 aromatic carbocycles. The normalized spacial score (nSPS) is 11.1. The predicted molar refractivity (Wildman–Crippen MR) is 161 cm³/mol. The van der Waals surface area contributed by atoms with Gasteiger partial charge in [0.05, 0.1) is 5.69 Å². The summed E-state index contributed by atoms with van der Waals surface area (Å²) in [4.78, 5) is 39.6. The molecule has 6 rings (SSSR count). The summed E-state index contributed by atoms with van der Waals surface area (Å²) >= 11 is 0. The van der Waals surface area contributed by atoms with Crippen molar-refractivity contribution in [2.45, 2.75) is 6.42 Å². The minimum atomic E-state index is -0.304. The van der Waals surface area contributed by atoms with Crippen LogP contribution in [0.25, 0.3) is 34.1 Å². The number of carbonyl (C=O) groups is 1. The molecule has 0 saturated heterocycles. The minimum absolute atomic E-state index is 0.251. The Morgan fingerprint density at radius 2 is 1.71 bits per heavy atom. The zero-order valence-corrected chi connectivity index (χ0v) is 22.3. The van der Waals surface area contributed by atoms with Crippen molar-refractivity contribution in [1.82, 2.24) is 19.5 Å². The minimum Gasteiger partial charge on any atom is -0.619 e. The van der Waals surface area contributed by atoms with Gasteiger partial charge in [0.15, 0.2) is 18.0 Å². The summed E-state index contributed by atoms with van der Waals surface area (Å²) < 4.78 is 2.27. The van der Waals surface area contributed by atoms with Crippen LogP contribution in [-0.2, 0) is 11.2 Å². The first-order valence-electron chi connectivity index (χ1n) is 13.2. The summed E-state index contributed by atoms with van der Waals surface area (Å²) in [5, 5.41) is 14.1. The Morgan fingerprint density at radius 1 is 0.929 bits per heavy atom. The van der Waals surface area contributed by atoms with Crippen molar-refractivity contribution >= 4 is 28.8 Å². The van der Waals surface area contributed by atoms with Gasteiger partial charge in [-0.05, 0) is 70.8 Å². The van der Waals surface area contributed by atoms with E-state index in [-0.39, 0.29) is 11.5 Å². The molecule has 42 heavy (non-hydrogen) atoms. The molecule has 0 spiro atoms. The summed E-state index contributed by atoms with van der Waals surface area (Å²) in [7, 11) is 0. The molecule has 0 saturated carbocycles. The van der Waals surface area contributed by atoms with E-state index < -0.39 is 0 Å². The number of hydrogen-bond acceptors (Lipinski definition) is 6. The van der Waals surface area contributed by atoms with Crippen molar-refractivity contribution in [3.63, 3.8) is 0 Å². The molecule has 1 amide bonds. The molecule has 1 N–H and O–H groups in total. The fraction of sp³-hybridized carbons (Fsp3) is 0.0303. The average molecular weight is 553 g/mol. The van der Waals surface area contributed by atoms with Crippen LogP contribution in [0.15, 0.2) is 127 Å². The summed E-state index contributed by atoms with van der Waals surface area (Å²) in [6.45, 7) is 0. The molecule has 9 heteroatoms. The summed E-state index contributed by atoms with van der Waals surface area (Å²) in [5.74, 6) is -0.304. The van der Waals surface area contributed by atoms with E-state index in [1.165, 1.54) is 18.5 Å². The van der Waals surface area contributed by atoms with E-state index >= 15 is 0 Å². The number of carbonyl (C=O) groups excluding carboxylic acids is 1. The van der Waals surface area contributed by atoms with E-state index in [9.17, 15) is 14.8 Å². The second kappa shape index (κ2) is 11.6. The van der Waals surface area contributed by atoms with Gasteiger partial charge in [0.1, 0.15) is 11.2 Å². The number of anilines is 1. The van der Waals surface area contributed by atoms with Gasteiger partial charge >= 0.3 is 0 Å². The van der Waals surface area contributed by atoms with Crippen LogP contribution in [0.1, 0.15) is 16.8 Å². The van der Waals surface area contributed by atoms with E-state index in [4.69, 9.17) is 0 Å². The number of amides is 1.